The van der Waals surface area contributed by atoms with Crippen LogP contribution in [0, 0.1) is 11.7 Å². The number of amides is 1. The van der Waals surface area contributed by atoms with Crippen LogP contribution in [0.3, 0.4) is 0 Å². The van der Waals surface area contributed by atoms with E-state index in [-0.39, 0.29) is 17.8 Å². The van der Waals surface area contributed by atoms with Crippen molar-refractivity contribution in [3.63, 3.8) is 0 Å². The Bertz CT molecular complexity index is 623. The van der Waals surface area contributed by atoms with Gasteiger partial charge in [0.15, 0.2) is 5.69 Å². The first-order chi connectivity index (χ1) is 9.13. The van der Waals surface area contributed by atoms with Gasteiger partial charge in [-0.2, -0.15) is 5.10 Å². The van der Waals surface area contributed by atoms with E-state index in [1.54, 1.807) is 24.4 Å². The molecule has 1 N–H and O–H groups in total. The Morgan fingerprint density at radius 1 is 1.47 bits per heavy atom. The molecule has 1 heterocycles. The summed E-state index contributed by atoms with van der Waals surface area (Å²) in [5.41, 5.74) is 0.946. The van der Waals surface area contributed by atoms with Crippen molar-refractivity contribution >= 4 is 5.91 Å². The van der Waals surface area contributed by atoms with Gasteiger partial charge >= 0.3 is 0 Å². The van der Waals surface area contributed by atoms with Crippen molar-refractivity contribution in [2.45, 2.75) is 19.4 Å². The van der Waals surface area contributed by atoms with Crippen LogP contribution in [0.4, 0.5) is 4.39 Å². The summed E-state index contributed by atoms with van der Waals surface area (Å²) in [6, 6.07) is 7.99. The lowest BCUT2D eigenvalue weighted by atomic mass is 10.3. The number of rotatable bonds is 3. The monoisotopic (exact) mass is 259 g/mol. The third kappa shape index (κ3) is 2.50. The molecule has 1 saturated carbocycles. The Hall–Kier alpha value is -2.17. The van der Waals surface area contributed by atoms with Crippen molar-refractivity contribution in [3.8, 4) is 5.69 Å². The summed E-state index contributed by atoms with van der Waals surface area (Å²) in [6.45, 7) is 2.09. The molecule has 1 aliphatic carbocycles. The van der Waals surface area contributed by atoms with Gasteiger partial charge in [-0.1, -0.05) is 13.0 Å². The first kappa shape index (κ1) is 11.9. The normalized spacial score (nSPS) is 21.2. The Labute approximate surface area is 110 Å². The number of carbonyl (C=O) groups is 1. The number of halogens is 1. The van der Waals surface area contributed by atoms with Crippen LogP contribution in [0.5, 0.6) is 0 Å². The van der Waals surface area contributed by atoms with E-state index in [2.05, 4.69) is 17.3 Å². The average molecular weight is 259 g/mol. The summed E-state index contributed by atoms with van der Waals surface area (Å²) in [6.07, 6.45) is 2.68. The average Bonchev–Trinajstić information content (AvgIpc) is 2.92. The third-order valence-electron chi connectivity index (χ3n) is 3.32. The van der Waals surface area contributed by atoms with E-state index in [1.165, 1.54) is 16.8 Å². The number of hydrogen-bond donors (Lipinski definition) is 1. The summed E-state index contributed by atoms with van der Waals surface area (Å²) in [5.74, 6) is 0.0459. The highest BCUT2D eigenvalue weighted by Gasteiger charge is 2.34. The number of aromatic nitrogens is 2. The summed E-state index contributed by atoms with van der Waals surface area (Å²) in [4.78, 5) is 11.9. The zero-order valence-corrected chi connectivity index (χ0v) is 10.5. The molecule has 1 aromatic heterocycles. The molecule has 3 rings (SSSR count). The first-order valence-electron chi connectivity index (χ1n) is 6.26. The van der Waals surface area contributed by atoms with E-state index in [0.717, 1.165) is 6.42 Å². The highest BCUT2D eigenvalue weighted by Crippen LogP contribution is 2.29. The van der Waals surface area contributed by atoms with Gasteiger partial charge in [-0.15, -0.1) is 0 Å². The van der Waals surface area contributed by atoms with Crippen LogP contribution in [0.15, 0.2) is 36.5 Å². The van der Waals surface area contributed by atoms with E-state index in [9.17, 15) is 9.18 Å². The molecule has 1 aliphatic rings. The fourth-order valence-electron chi connectivity index (χ4n) is 1.97. The maximum Gasteiger partial charge on any atom is 0.272 e. The molecular weight excluding hydrogens is 245 g/mol. The van der Waals surface area contributed by atoms with Crippen molar-refractivity contribution in [2.24, 2.45) is 5.92 Å². The summed E-state index contributed by atoms with van der Waals surface area (Å²) >= 11 is 0. The molecule has 2 aromatic rings. The minimum atomic E-state index is -0.328. The number of carbonyl (C=O) groups excluding carboxylic acids is 1. The van der Waals surface area contributed by atoms with Gasteiger partial charge in [-0.05, 0) is 36.6 Å². The van der Waals surface area contributed by atoms with Crippen molar-refractivity contribution in [2.75, 3.05) is 0 Å². The predicted octanol–water partition coefficient (Wildman–Crippen LogP) is 2.15. The molecule has 0 saturated heterocycles. The lowest BCUT2D eigenvalue weighted by Gasteiger charge is -2.02. The molecule has 0 radical (unpaired) electrons. The molecule has 1 aromatic carbocycles. The van der Waals surface area contributed by atoms with E-state index in [4.69, 9.17) is 0 Å². The van der Waals surface area contributed by atoms with Crippen LogP contribution >= 0.6 is 0 Å². The molecule has 19 heavy (non-hydrogen) atoms. The SMILES string of the molecule is CC1CC1NC(=O)c1ccn(-c2cccc(F)c2)n1. The quantitative estimate of drug-likeness (QED) is 0.918. The largest absolute Gasteiger partial charge is 0.348 e. The van der Waals surface area contributed by atoms with Gasteiger partial charge in [0.2, 0.25) is 0 Å². The van der Waals surface area contributed by atoms with Crippen molar-refractivity contribution in [1.29, 1.82) is 0 Å². The lowest BCUT2D eigenvalue weighted by molar-refractivity contribution is 0.0944. The van der Waals surface area contributed by atoms with Crippen LogP contribution in [-0.4, -0.2) is 21.7 Å². The molecule has 2 atom stereocenters. The fourth-order valence-corrected chi connectivity index (χ4v) is 1.97. The maximum atomic E-state index is 13.1. The van der Waals surface area contributed by atoms with Crippen molar-refractivity contribution < 1.29 is 9.18 Å². The van der Waals surface area contributed by atoms with E-state index >= 15 is 0 Å². The van der Waals surface area contributed by atoms with E-state index < -0.39 is 0 Å². The molecule has 2 unspecified atom stereocenters. The first-order valence-corrected chi connectivity index (χ1v) is 6.26. The molecular formula is C14H14FN3O. The minimum Gasteiger partial charge on any atom is -0.348 e. The van der Waals surface area contributed by atoms with Gasteiger partial charge in [0.1, 0.15) is 5.82 Å². The number of nitrogens with zero attached hydrogens (tertiary/aromatic N) is 2. The van der Waals surface area contributed by atoms with Crippen molar-refractivity contribution in [3.05, 3.63) is 48.0 Å². The Morgan fingerprint density at radius 2 is 2.26 bits per heavy atom. The van der Waals surface area contributed by atoms with Gasteiger partial charge < -0.3 is 5.32 Å². The second-order valence-corrected chi connectivity index (χ2v) is 4.92. The van der Waals surface area contributed by atoms with Gasteiger partial charge in [0.05, 0.1) is 5.69 Å². The Morgan fingerprint density at radius 3 is 2.95 bits per heavy atom. The second kappa shape index (κ2) is 4.50. The van der Waals surface area contributed by atoms with Crippen LogP contribution in [0.2, 0.25) is 0 Å². The lowest BCUT2D eigenvalue weighted by Crippen LogP contribution is -2.27. The molecule has 5 heteroatoms. The molecule has 0 aliphatic heterocycles. The highest BCUT2D eigenvalue weighted by atomic mass is 19.1. The van der Waals surface area contributed by atoms with Gasteiger partial charge in [0.25, 0.3) is 5.91 Å². The smallest absolute Gasteiger partial charge is 0.272 e. The predicted molar refractivity (Wildman–Crippen MR) is 68.6 cm³/mol. The van der Waals surface area contributed by atoms with Crippen LogP contribution in [-0.2, 0) is 0 Å². The maximum absolute atomic E-state index is 13.1. The number of benzene rings is 1. The Kier molecular flexibility index (Phi) is 2.81. The van der Waals surface area contributed by atoms with Crippen molar-refractivity contribution in [1.82, 2.24) is 15.1 Å². The second-order valence-electron chi connectivity index (χ2n) is 4.92. The number of hydrogen-bond acceptors (Lipinski definition) is 2. The topological polar surface area (TPSA) is 46.9 Å². The van der Waals surface area contributed by atoms with Gasteiger partial charge in [-0.25, -0.2) is 9.07 Å². The molecule has 0 bridgehead atoms. The highest BCUT2D eigenvalue weighted by molar-refractivity contribution is 5.92. The summed E-state index contributed by atoms with van der Waals surface area (Å²) in [7, 11) is 0. The van der Waals surface area contributed by atoms with Crippen LogP contribution in [0.1, 0.15) is 23.8 Å². The zero-order valence-electron chi connectivity index (χ0n) is 10.5. The third-order valence-corrected chi connectivity index (χ3v) is 3.32. The van der Waals surface area contributed by atoms with Crippen LogP contribution in [0.25, 0.3) is 5.69 Å². The summed E-state index contributed by atoms with van der Waals surface area (Å²) in [5, 5.41) is 7.07. The standard InChI is InChI=1S/C14H14FN3O/c1-9-7-13(9)16-14(19)12-5-6-18(17-12)11-4-2-3-10(15)8-11/h2-6,8-9,13H,7H2,1H3,(H,16,19). The van der Waals surface area contributed by atoms with Crippen LogP contribution < -0.4 is 5.32 Å². The number of nitrogens with one attached hydrogen (secondary N) is 1. The van der Waals surface area contributed by atoms with Gasteiger partial charge in [0, 0.05) is 12.2 Å². The minimum absolute atomic E-state index is 0.176. The zero-order chi connectivity index (χ0) is 13.4. The van der Waals surface area contributed by atoms with E-state index in [0.29, 0.717) is 17.3 Å². The molecule has 0 spiro atoms. The fraction of sp³-hybridized carbons (Fsp3) is 0.286. The molecule has 4 nitrogen and oxygen atoms in total. The summed E-state index contributed by atoms with van der Waals surface area (Å²) < 4.78 is 14.6. The Balaban J connectivity index is 1.77. The molecule has 98 valence electrons. The van der Waals surface area contributed by atoms with E-state index in [1.807, 2.05) is 0 Å². The molecule has 1 fully saturated rings. The van der Waals surface area contributed by atoms with Gasteiger partial charge in [-0.3, -0.25) is 4.79 Å². The molecule has 1 amide bonds.